The summed E-state index contributed by atoms with van der Waals surface area (Å²) in [6.45, 7) is 1.10. The van der Waals surface area contributed by atoms with Crippen molar-refractivity contribution in [2.75, 3.05) is 18.1 Å². The molecule has 0 spiro atoms. The maximum atomic E-state index is 12.5. The van der Waals surface area contributed by atoms with Gasteiger partial charge in [-0.15, -0.1) is 0 Å². The largest absolute Gasteiger partial charge is 0.480 e. The molecule has 0 aromatic carbocycles. The molecule has 1 heterocycles. The lowest BCUT2D eigenvalue weighted by molar-refractivity contribution is -0.148. The zero-order valence-corrected chi connectivity index (χ0v) is 12.2. The molecule has 8 heteroatoms. The van der Waals surface area contributed by atoms with Crippen molar-refractivity contribution in [3.63, 3.8) is 0 Å². The third-order valence-electron chi connectivity index (χ3n) is 4.10. The fraction of sp³-hybridized carbons (Fsp3) is 0.833. The lowest BCUT2D eigenvalue weighted by atomic mass is 9.94. The standard InChI is InChI=1S/C12H20N2O5S/c1-12(13,8-2-3-8)11(17)14(6-10(15)16)9-4-5-20(18,19)7-9/h8-9H,2-7,13H2,1H3,(H,15,16). The normalized spacial score (nSPS) is 27.8. The van der Waals surface area contributed by atoms with Gasteiger partial charge < -0.3 is 15.7 Å². The van der Waals surface area contributed by atoms with Crippen molar-refractivity contribution in [1.82, 2.24) is 4.90 Å². The maximum absolute atomic E-state index is 12.5. The van der Waals surface area contributed by atoms with E-state index in [0.29, 0.717) is 0 Å². The quantitative estimate of drug-likeness (QED) is 0.687. The summed E-state index contributed by atoms with van der Waals surface area (Å²) in [5.74, 6) is -1.73. The summed E-state index contributed by atoms with van der Waals surface area (Å²) < 4.78 is 23.1. The number of nitrogens with zero attached hydrogens (tertiary/aromatic N) is 1. The molecule has 2 fully saturated rings. The van der Waals surface area contributed by atoms with Gasteiger partial charge in [0.1, 0.15) is 6.54 Å². The van der Waals surface area contributed by atoms with Crippen molar-refractivity contribution in [2.45, 2.75) is 37.8 Å². The van der Waals surface area contributed by atoms with Crippen LogP contribution in [0.25, 0.3) is 0 Å². The van der Waals surface area contributed by atoms with E-state index in [4.69, 9.17) is 10.8 Å². The third-order valence-corrected chi connectivity index (χ3v) is 5.85. The Bertz CT molecular complexity index is 524. The van der Waals surface area contributed by atoms with Crippen LogP contribution in [0.2, 0.25) is 0 Å². The maximum Gasteiger partial charge on any atom is 0.323 e. The molecule has 7 nitrogen and oxygen atoms in total. The van der Waals surface area contributed by atoms with Crippen molar-refractivity contribution in [3.8, 4) is 0 Å². The number of rotatable bonds is 5. The smallest absolute Gasteiger partial charge is 0.323 e. The highest BCUT2D eigenvalue weighted by Gasteiger charge is 2.48. The first-order valence-corrected chi connectivity index (χ1v) is 8.48. The minimum atomic E-state index is -3.19. The lowest BCUT2D eigenvalue weighted by Crippen LogP contribution is -2.58. The Morgan fingerprint density at radius 3 is 2.35 bits per heavy atom. The number of carbonyl (C=O) groups is 2. The summed E-state index contributed by atoms with van der Waals surface area (Å²) in [6.07, 6.45) is 1.98. The van der Waals surface area contributed by atoms with Crippen LogP contribution in [-0.2, 0) is 19.4 Å². The van der Waals surface area contributed by atoms with Crippen LogP contribution in [0.3, 0.4) is 0 Å². The summed E-state index contributed by atoms with van der Waals surface area (Å²) in [5.41, 5.74) is 4.93. The molecule has 0 aromatic heterocycles. The Balaban J connectivity index is 2.19. The van der Waals surface area contributed by atoms with Crippen molar-refractivity contribution < 1.29 is 23.1 Å². The Hall–Kier alpha value is -1.15. The van der Waals surface area contributed by atoms with Crippen LogP contribution in [0.15, 0.2) is 0 Å². The third kappa shape index (κ3) is 3.12. The van der Waals surface area contributed by atoms with Gasteiger partial charge in [-0.25, -0.2) is 8.42 Å². The van der Waals surface area contributed by atoms with Gasteiger partial charge in [0.15, 0.2) is 9.84 Å². The van der Waals surface area contributed by atoms with Crippen LogP contribution in [-0.4, -0.2) is 59.9 Å². The van der Waals surface area contributed by atoms with Gasteiger partial charge in [-0.3, -0.25) is 9.59 Å². The highest BCUT2D eigenvalue weighted by atomic mass is 32.2. The second-order valence-electron chi connectivity index (χ2n) is 5.94. The van der Waals surface area contributed by atoms with Crippen molar-refractivity contribution in [2.24, 2.45) is 11.7 Å². The number of carboxylic acid groups (broad SMARTS) is 1. The molecule has 2 rings (SSSR count). The molecule has 3 N–H and O–H groups in total. The fourth-order valence-electron chi connectivity index (χ4n) is 2.70. The number of carbonyl (C=O) groups excluding carboxylic acids is 1. The van der Waals surface area contributed by atoms with Crippen molar-refractivity contribution >= 4 is 21.7 Å². The van der Waals surface area contributed by atoms with Crippen LogP contribution in [0, 0.1) is 5.92 Å². The molecule has 1 amide bonds. The molecular formula is C12H20N2O5S. The van der Waals surface area contributed by atoms with Crippen LogP contribution in [0.4, 0.5) is 0 Å². The lowest BCUT2D eigenvalue weighted by Gasteiger charge is -2.34. The van der Waals surface area contributed by atoms with E-state index in [0.717, 1.165) is 17.7 Å². The van der Waals surface area contributed by atoms with E-state index in [1.807, 2.05) is 0 Å². The first kappa shape index (κ1) is 15.2. The Morgan fingerprint density at radius 2 is 1.95 bits per heavy atom. The van der Waals surface area contributed by atoms with Gasteiger partial charge >= 0.3 is 5.97 Å². The Morgan fingerprint density at radius 1 is 1.35 bits per heavy atom. The number of hydrogen-bond acceptors (Lipinski definition) is 5. The molecule has 1 saturated heterocycles. The van der Waals surface area contributed by atoms with Crippen molar-refractivity contribution in [3.05, 3.63) is 0 Å². The number of carboxylic acids is 1. The minimum absolute atomic E-state index is 0.00815. The monoisotopic (exact) mass is 304 g/mol. The van der Waals surface area contributed by atoms with Gasteiger partial charge in [-0.2, -0.15) is 0 Å². The van der Waals surface area contributed by atoms with Crippen LogP contribution in [0.5, 0.6) is 0 Å². The first-order valence-electron chi connectivity index (χ1n) is 6.65. The average molecular weight is 304 g/mol. The summed E-state index contributed by atoms with van der Waals surface area (Å²) >= 11 is 0. The van der Waals surface area contributed by atoms with Gasteiger partial charge in [0.05, 0.1) is 17.0 Å². The second-order valence-corrected chi connectivity index (χ2v) is 8.17. The number of sulfone groups is 1. The molecule has 20 heavy (non-hydrogen) atoms. The van der Waals surface area contributed by atoms with Crippen molar-refractivity contribution in [1.29, 1.82) is 0 Å². The number of nitrogens with two attached hydrogens (primary N) is 1. The average Bonchev–Trinajstić information content (AvgIpc) is 3.10. The number of aliphatic carboxylic acids is 1. The molecule has 2 aliphatic rings. The predicted molar refractivity (Wildman–Crippen MR) is 71.7 cm³/mol. The zero-order chi connectivity index (χ0) is 15.1. The molecule has 2 unspecified atom stereocenters. The van der Waals surface area contributed by atoms with Crippen LogP contribution in [0.1, 0.15) is 26.2 Å². The molecule has 0 bridgehead atoms. The molecule has 1 aliphatic carbocycles. The molecule has 2 atom stereocenters. The van der Waals surface area contributed by atoms with E-state index in [1.165, 1.54) is 0 Å². The van der Waals surface area contributed by atoms with Gasteiger partial charge in [0.25, 0.3) is 0 Å². The van der Waals surface area contributed by atoms with Gasteiger partial charge in [-0.05, 0) is 32.1 Å². The highest BCUT2D eigenvalue weighted by Crippen LogP contribution is 2.39. The molecule has 1 aliphatic heterocycles. The Labute approximate surface area is 118 Å². The zero-order valence-electron chi connectivity index (χ0n) is 11.4. The summed E-state index contributed by atoms with van der Waals surface area (Å²) in [5, 5.41) is 8.96. The Kier molecular flexibility index (Phi) is 3.81. The van der Waals surface area contributed by atoms with E-state index in [-0.39, 0.29) is 23.8 Å². The van der Waals surface area contributed by atoms with E-state index in [2.05, 4.69) is 0 Å². The predicted octanol–water partition coefficient (Wildman–Crippen LogP) is -0.786. The van der Waals surface area contributed by atoms with E-state index in [9.17, 15) is 18.0 Å². The summed E-state index contributed by atoms with van der Waals surface area (Å²) in [6, 6.07) is -0.578. The highest BCUT2D eigenvalue weighted by molar-refractivity contribution is 7.91. The van der Waals surface area contributed by atoms with Crippen LogP contribution >= 0.6 is 0 Å². The van der Waals surface area contributed by atoms with Gasteiger partial charge in [0, 0.05) is 6.04 Å². The molecule has 0 aromatic rings. The van der Waals surface area contributed by atoms with E-state index in [1.54, 1.807) is 6.92 Å². The molecule has 0 radical (unpaired) electrons. The van der Waals surface area contributed by atoms with E-state index >= 15 is 0 Å². The summed E-state index contributed by atoms with van der Waals surface area (Å²) in [7, 11) is -3.19. The van der Waals surface area contributed by atoms with Gasteiger partial charge in [0.2, 0.25) is 5.91 Å². The molecular weight excluding hydrogens is 284 g/mol. The fourth-order valence-corrected chi connectivity index (χ4v) is 4.43. The van der Waals surface area contributed by atoms with Crippen LogP contribution < -0.4 is 5.73 Å². The van der Waals surface area contributed by atoms with E-state index < -0.39 is 39.8 Å². The summed E-state index contributed by atoms with van der Waals surface area (Å²) in [4.78, 5) is 24.6. The second kappa shape index (κ2) is 5.00. The molecule has 114 valence electrons. The topological polar surface area (TPSA) is 118 Å². The molecule has 1 saturated carbocycles. The van der Waals surface area contributed by atoms with Gasteiger partial charge in [-0.1, -0.05) is 0 Å². The number of amides is 1. The first-order chi connectivity index (χ1) is 9.13. The minimum Gasteiger partial charge on any atom is -0.480 e. The SMILES string of the molecule is CC(N)(C(=O)N(CC(=O)O)C1CCS(=O)(=O)C1)C1CC1. The number of hydrogen-bond donors (Lipinski definition) is 2.